The Kier molecular flexibility index (Phi) is 3.28. The van der Waals surface area contributed by atoms with Gasteiger partial charge in [0.25, 0.3) is 0 Å². The van der Waals surface area contributed by atoms with Gasteiger partial charge >= 0.3 is 0 Å². The number of anilines is 1. The van der Waals surface area contributed by atoms with Gasteiger partial charge < -0.3 is 5.32 Å². The number of fused-ring (bicyclic) bond motifs is 1. The SMILES string of the molecule is N#Cc1nnc2ccccc2c1NCCCC1CC1. The van der Waals surface area contributed by atoms with Crippen molar-refractivity contribution in [3.05, 3.63) is 30.0 Å². The average Bonchev–Trinajstić information content (AvgIpc) is 3.27. The number of hydrogen-bond donors (Lipinski definition) is 1. The summed E-state index contributed by atoms with van der Waals surface area (Å²) < 4.78 is 0. The predicted molar refractivity (Wildman–Crippen MR) is 74.7 cm³/mol. The highest BCUT2D eigenvalue weighted by Gasteiger charge is 2.20. The Morgan fingerprint density at radius 2 is 2.11 bits per heavy atom. The number of nitrogens with one attached hydrogen (secondary N) is 1. The Morgan fingerprint density at radius 3 is 2.89 bits per heavy atom. The summed E-state index contributed by atoms with van der Waals surface area (Å²) in [6, 6.07) is 9.90. The number of aromatic nitrogens is 2. The van der Waals surface area contributed by atoms with Gasteiger partial charge in [0, 0.05) is 11.9 Å². The normalized spacial score (nSPS) is 14.3. The standard InChI is InChI=1S/C15H16N4/c16-10-14-15(17-9-3-4-11-7-8-11)12-5-1-2-6-13(12)18-19-14/h1-2,5-6,11H,3-4,7-9H2,(H,17,18). The second kappa shape index (κ2) is 5.23. The van der Waals surface area contributed by atoms with Crippen LogP contribution >= 0.6 is 0 Å². The molecule has 1 aliphatic carbocycles. The average molecular weight is 252 g/mol. The lowest BCUT2D eigenvalue weighted by molar-refractivity contribution is 0.687. The van der Waals surface area contributed by atoms with Crippen molar-refractivity contribution in [2.75, 3.05) is 11.9 Å². The van der Waals surface area contributed by atoms with Crippen LogP contribution in [0.25, 0.3) is 10.9 Å². The van der Waals surface area contributed by atoms with Crippen LogP contribution in [0.2, 0.25) is 0 Å². The van der Waals surface area contributed by atoms with Crippen molar-refractivity contribution in [3.63, 3.8) is 0 Å². The van der Waals surface area contributed by atoms with E-state index in [0.29, 0.717) is 5.69 Å². The van der Waals surface area contributed by atoms with E-state index in [1.165, 1.54) is 19.3 Å². The third kappa shape index (κ3) is 2.65. The number of nitriles is 1. The number of benzene rings is 1. The van der Waals surface area contributed by atoms with Gasteiger partial charge in [-0.05, 0) is 24.8 Å². The number of rotatable bonds is 5. The van der Waals surface area contributed by atoms with Gasteiger partial charge in [-0.15, -0.1) is 10.2 Å². The first-order valence-corrected chi connectivity index (χ1v) is 6.78. The summed E-state index contributed by atoms with van der Waals surface area (Å²) in [6.07, 6.45) is 5.21. The van der Waals surface area contributed by atoms with Gasteiger partial charge in [-0.25, -0.2) is 0 Å². The molecule has 0 aliphatic heterocycles. The van der Waals surface area contributed by atoms with Gasteiger partial charge in [-0.3, -0.25) is 0 Å². The van der Waals surface area contributed by atoms with E-state index in [-0.39, 0.29) is 0 Å². The van der Waals surface area contributed by atoms with Gasteiger partial charge in [0.05, 0.1) is 11.2 Å². The van der Waals surface area contributed by atoms with Crippen LogP contribution < -0.4 is 5.32 Å². The van der Waals surface area contributed by atoms with Crippen LogP contribution in [0.15, 0.2) is 24.3 Å². The summed E-state index contributed by atoms with van der Waals surface area (Å²) >= 11 is 0. The van der Waals surface area contributed by atoms with Crippen molar-refractivity contribution in [3.8, 4) is 6.07 Å². The largest absolute Gasteiger partial charge is 0.382 e. The van der Waals surface area contributed by atoms with Crippen molar-refractivity contribution < 1.29 is 0 Å². The summed E-state index contributed by atoms with van der Waals surface area (Å²) in [4.78, 5) is 0. The number of hydrogen-bond acceptors (Lipinski definition) is 4. The Labute approximate surface area is 112 Å². The fraction of sp³-hybridized carbons (Fsp3) is 0.400. The molecule has 0 radical (unpaired) electrons. The Balaban J connectivity index is 1.80. The summed E-state index contributed by atoms with van der Waals surface area (Å²) in [7, 11) is 0. The van der Waals surface area contributed by atoms with Gasteiger partial charge in [0.15, 0.2) is 5.69 Å². The van der Waals surface area contributed by atoms with Crippen LogP contribution in [0, 0.1) is 17.2 Å². The Hall–Kier alpha value is -2.15. The van der Waals surface area contributed by atoms with E-state index < -0.39 is 0 Å². The zero-order valence-corrected chi connectivity index (χ0v) is 10.8. The first kappa shape index (κ1) is 11.9. The molecule has 3 rings (SSSR count). The maximum Gasteiger partial charge on any atom is 0.186 e. The third-order valence-electron chi connectivity index (χ3n) is 3.56. The molecule has 0 saturated heterocycles. The fourth-order valence-corrected chi connectivity index (χ4v) is 2.32. The maximum atomic E-state index is 9.14. The van der Waals surface area contributed by atoms with Crippen LogP contribution in [0.1, 0.15) is 31.4 Å². The van der Waals surface area contributed by atoms with Crippen LogP contribution in [0.3, 0.4) is 0 Å². The van der Waals surface area contributed by atoms with E-state index in [2.05, 4.69) is 21.6 Å². The zero-order valence-electron chi connectivity index (χ0n) is 10.8. The minimum absolute atomic E-state index is 0.380. The number of nitrogens with zero attached hydrogens (tertiary/aromatic N) is 3. The van der Waals surface area contributed by atoms with E-state index in [4.69, 9.17) is 5.26 Å². The van der Waals surface area contributed by atoms with Crippen molar-refractivity contribution in [2.24, 2.45) is 5.92 Å². The highest BCUT2D eigenvalue weighted by atomic mass is 15.1. The molecule has 4 nitrogen and oxygen atoms in total. The first-order valence-electron chi connectivity index (χ1n) is 6.78. The first-order chi connectivity index (χ1) is 9.38. The molecule has 19 heavy (non-hydrogen) atoms. The van der Waals surface area contributed by atoms with Crippen molar-refractivity contribution in [1.82, 2.24) is 10.2 Å². The van der Waals surface area contributed by atoms with E-state index in [0.717, 1.165) is 35.5 Å². The quantitative estimate of drug-likeness (QED) is 0.830. The highest BCUT2D eigenvalue weighted by Crippen LogP contribution is 2.33. The Morgan fingerprint density at radius 1 is 1.26 bits per heavy atom. The molecular formula is C15H16N4. The summed E-state index contributed by atoms with van der Waals surface area (Å²) in [5.74, 6) is 0.949. The molecule has 1 saturated carbocycles. The van der Waals surface area contributed by atoms with E-state index in [9.17, 15) is 0 Å². The van der Waals surface area contributed by atoms with Gasteiger partial charge in [0.2, 0.25) is 0 Å². The van der Waals surface area contributed by atoms with E-state index >= 15 is 0 Å². The van der Waals surface area contributed by atoms with Crippen molar-refractivity contribution in [2.45, 2.75) is 25.7 Å². The molecule has 2 aromatic rings. The molecule has 1 aromatic carbocycles. The molecule has 96 valence electrons. The van der Waals surface area contributed by atoms with E-state index in [1.54, 1.807) is 0 Å². The van der Waals surface area contributed by atoms with Crippen LogP contribution in [-0.2, 0) is 0 Å². The summed E-state index contributed by atoms with van der Waals surface area (Å²) in [5.41, 5.74) is 2.03. The molecular weight excluding hydrogens is 236 g/mol. The fourth-order valence-electron chi connectivity index (χ4n) is 2.32. The molecule has 0 bridgehead atoms. The minimum atomic E-state index is 0.380. The topological polar surface area (TPSA) is 61.6 Å². The molecule has 1 heterocycles. The highest BCUT2D eigenvalue weighted by molar-refractivity contribution is 5.92. The Bertz CT molecular complexity index is 626. The van der Waals surface area contributed by atoms with Crippen LogP contribution in [-0.4, -0.2) is 16.7 Å². The minimum Gasteiger partial charge on any atom is -0.382 e. The monoisotopic (exact) mass is 252 g/mol. The van der Waals surface area contributed by atoms with Crippen LogP contribution in [0.5, 0.6) is 0 Å². The lowest BCUT2D eigenvalue weighted by Crippen LogP contribution is -2.06. The lowest BCUT2D eigenvalue weighted by atomic mass is 10.1. The van der Waals surface area contributed by atoms with Gasteiger partial charge in [-0.2, -0.15) is 5.26 Å². The molecule has 1 aromatic heterocycles. The van der Waals surface area contributed by atoms with Crippen molar-refractivity contribution in [1.29, 1.82) is 5.26 Å². The van der Waals surface area contributed by atoms with Gasteiger partial charge in [0.1, 0.15) is 6.07 Å². The van der Waals surface area contributed by atoms with Crippen LogP contribution in [0.4, 0.5) is 5.69 Å². The maximum absolute atomic E-state index is 9.14. The predicted octanol–water partition coefficient (Wildman–Crippen LogP) is 3.10. The smallest absolute Gasteiger partial charge is 0.186 e. The summed E-state index contributed by atoms with van der Waals surface area (Å²) in [6.45, 7) is 0.890. The van der Waals surface area contributed by atoms with Crippen molar-refractivity contribution >= 4 is 16.6 Å². The molecule has 0 amide bonds. The lowest BCUT2D eigenvalue weighted by Gasteiger charge is -2.09. The second-order valence-corrected chi connectivity index (χ2v) is 5.06. The molecule has 1 aliphatic rings. The molecule has 0 unspecified atom stereocenters. The second-order valence-electron chi connectivity index (χ2n) is 5.06. The third-order valence-corrected chi connectivity index (χ3v) is 3.56. The molecule has 1 N–H and O–H groups in total. The summed E-state index contributed by atoms with van der Waals surface area (Å²) in [5, 5.41) is 21.5. The zero-order chi connectivity index (χ0) is 13.1. The molecule has 1 fully saturated rings. The molecule has 4 heteroatoms. The van der Waals surface area contributed by atoms with E-state index in [1.807, 2.05) is 24.3 Å². The van der Waals surface area contributed by atoms with Gasteiger partial charge in [-0.1, -0.05) is 31.0 Å². The molecule has 0 spiro atoms. The molecule has 0 atom stereocenters.